The number of rotatable bonds is 4. The Morgan fingerprint density at radius 3 is 2.26 bits per heavy atom. The maximum Gasteiger partial charge on any atom is 0.270 e. The number of amides is 2. The van der Waals surface area contributed by atoms with Crippen molar-refractivity contribution in [1.29, 1.82) is 0 Å². The normalized spacial score (nSPS) is 10.2. The van der Waals surface area contributed by atoms with Crippen molar-refractivity contribution >= 4 is 23.6 Å². The number of carbonyl (C=O) groups is 2. The lowest BCUT2D eigenvalue weighted by atomic mass is 10.1. The molecule has 0 spiro atoms. The van der Waals surface area contributed by atoms with Crippen molar-refractivity contribution in [3.05, 3.63) is 64.7 Å². The van der Waals surface area contributed by atoms with Crippen LogP contribution < -0.4 is 10.9 Å². The van der Waals surface area contributed by atoms with E-state index in [1.807, 2.05) is 45.0 Å². The van der Waals surface area contributed by atoms with Crippen molar-refractivity contribution in [2.75, 3.05) is 5.75 Å². The molecule has 0 aromatic heterocycles. The Kier molecular flexibility index (Phi) is 5.82. The van der Waals surface area contributed by atoms with Crippen molar-refractivity contribution in [3.63, 3.8) is 0 Å². The second-order valence-corrected chi connectivity index (χ2v) is 6.46. The summed E-state index contributed by atoms with van der Waals surface area (Å²) in [4.78, 5) is 25.4. The maximum absolute atomic E-state index is 12.3. The molecule has 0 aliphatic carbocycles. The third kappa shape index (κ3) is 4.36. The minimum absolute atomic E-state index is 0.320. The van der Waals surface area contributed by atoms with E-state index in [0.717, 1.165) is 21.8 Å². The lowest BCUT2D eigenvalue weighted by Crippen LogP contribution is -2.42. The van der Waals surface area contributed by atoms with Crippen LogP contribution in [0.1, 0.15) is 38.8 Å². The van der Waals surface area contributed by atoms with Crippen molar-refractivity contribution in [3.8, 4) is 0 Å². The number of thioether (sulfide) groups is 1. The molecule has 2 aromatic carbocycles. The third-order valence-electron chi connectivity index (χ3n) is 3.35. The number of hydrogen-bond donors (Lipinski definition) is 2. The minimum atomic E-state index is -0.323. The summed E-state index contributed by atoms with van der Waals surface area (Å²) in [6.45, 7) is 5.87. The minimum Gasteiger partial charge on any atom is -0.267 e. The van der Waals surface area contributed by atoms with Crippen molar-refractivity contribution < 1.29 is 9.59 Å². The van der Waals surface area contributed by atoms with Crippen LogP contribution in [-0.2, 0) is 0 Å². The molecule has 0 bridgehead atoms. The van der Waals surface area contributed by atoms with Crippen LogP contribution in [0.5, 0.6) is 0 Å². The lowest BCUT2D eigenvalue weighted by Gasteiger charge is -2.11. The summed E-state index contributed by atoms with van der Waals surface area (Å²) >= 11 is 1.59. The predicted molar refractivity (Wildman–Crippen MR) is 93.7 cm³/mol. The summed E-state index contributed by atoms with van der Waals surface area (Å²) in [6, 6.07) is 12.9. The molecule has 0 saturated heterocycles. The van der Waals surface area contributed by atoms with Crippen LogP contribution in [0.2, 0.25) is 0 Å². The second kappa shape index (κ2) is 7.83. The molecule has 120 valence electrons. The summed E-state index contributed by atoms with van der Waals surface area (Å²) < 4.78 is 0. The first kappa shape index (κ1) is 17.1. The molecule has 2 aromatic rings. The highest BCUT2D eigenvalue weighted by Crippen LogP contribution is 2.21. The number of nitrogens with one attached hydrogen (secondary N) is 2. The largest absolute Gasteiger partial charge is 0.270 e. The van der Waals surface area contributed by atoms with E-state index in [0.29, 0.717) is 11.1 Å². The van der Waals surface area contributed by atoms with Gasteiger partial charge in [-0.3, -0.25) is 20.4 Å². The van der Waals surface area contributed by atoms with Gasteiger partial charge in [-0.1, -0.05) is 36.8 Å². The van der Waals surface area contributed by atoms with Crippen molar-refractivity contribution in [2.45, 2.75) is 25.7 Å². The van der Waals surface area contributed by atoms with Gasteiger partial charge in [-0.15, -0.1) is 11.8 Å². The molecule has 23 heavy (non-hydrogen) atoms. The third-order valence-corrected chi connectivity index (χ3v) is 4.30. The number of carbonyl (C=O) groups excluding carboxylic acids is 2. The number of aryl methyl sites for hydroxylation is 2. The number of benzene rings is 2. The molecule has 0 aliphatic heterocycles. The first-order chi connectivity index (χ1) is 11.0. The summed E-state index contributed by atoms with van der Waals surface area (Å²) in [6.07, 6.45) is 0. The highest BCUT2D eigenvalue weighted by Gasteiger charge is 2.13. The molecule has 0 saturated carbocycles. The quantitative estimate of drug-likeness (QED) is 0.667. The molecular formula is C18H20N2O2S. The van der Waals surface area contributed by atoms with Gasteiger partial charge >= 0.3 is 0 Å². The Morgan fingerprint density at radius 2 is 1.61 bits per heavy atom. The fourth-order valence-electron chi connectivity index (χ4n) is 2.25. The molecule has 0 radical (unpaired) electrons. The maximum atomic E-state index is 12.3. The molecule has 2 amide bonds. The van der Waals surface area contributed by atoms with Crippen LogP contribution >= 0.6 is 11.8 Å². The Morgan fingerprint density at radius 1 is 0.957 bits per heavy atom. The van der Waals surface area contributed by atoms with Crippen LogP contribution in [0.3, 0.4) is 0 Å². The zero-order valence-corrected chi connectivity index (χ0v) is 14.3. The fourth-order valence-corrected chi connectivity index (χ4v) is 3.05. The number of hydrazine groups is 1. The highest BCUT2D eigenvalue weighted by atomic mass is 32.2. The lowest BCUT2D eigenvalue weighted by molar-refractivity contribution is 0.0844. The van der Waals surface area contributed by atoms with E-state index in [9.17, 15) is 9.59 Å². The van der Waals surface area contributed by atoms with Gasteiger partial charge in [0, 0.05) is 10.5 Å². The van der Waals surface area contributed by atoms with E-state index in [1.54, 1.807) is 30.0 Å². The van der Waals surface area contributed by atoms with E-state index >= 15 is 0 Å². The molecule has 0 fully saturated rings. The van der Waals surface area contributed by atoms with E-state index in [-0.39, 0.29) is 11.8 Å². The SMILES string of the molecule is CCSc1ccccc1C(=O)NNC(=O)c1ccc(C)cc1C. The highest BCUT2D eigenvalue weighted by molar-refractivity contribution is 7.99. The Balaban J connectivity index is 2.06. The van der Waals surface area contributed by atoms with Crippen LogP contribution in [0.25, 0.3) is 0 Å². The van der Waals surface area contributed by atoms with Gasteiger partial charge in [0.15, 0.2) is 0 Å². The standard InChI is InChI=1S/C18H20N2O2S/c1-4-23-16-8-6-5-7-15(16)18(22)20-19-17(21)14-10-9-12(2)11-13(14)3/h5-11H,4H2,1-3H3,(H,19,21)(H,20,22). The average molecular weight is 328 g/mol. The molecule has 0 heterocycles. The van der Waals surface area contributed by atoms with Crippen LogP contribution in [0.4, 0.5) is 0 Å². The van der Waals surface area contributed by atoms with Gasteiger partial charge in [-0.25, -0.2) is 0 Å². The van der Waals surface area contributed by atoms with Gasteiger partial charge in [0.2, 0.25) is 0 Å². The first-order valence-corrected chi connectivity index (χ1v) is 8.41. The Labute approximate surface area is 140 Å². The monoisotopic (exact) mass is 328 g/mol. The van der Waals surface area contributed by atoms with Crippen LogP contribution in [0, 0.1) is 13.8 Å². The predicted octanol–water partition coefficient (Wildman–Crippen LogP) is 3.49. The van der Waals surface area contributed by atoms with Gasteiger partial charge in [0.25, 0.3) is 11.8 Å². The molecule has 0 unspecified atom stereocenters. The molecular weight excluding hydrogens is 308 g/mol. The topological polar surface area (TPSA) is 58.2 Å². The van der Waals surface area contributed by atoms with Gasteiger partial charge in [-0.2, -0.15) is 0 Å². The van der Waals surface area contributed by atoms with E-state index in [4.69, 9.17) is 0 Å². The van der Waals surface area contributed by atoms with Gasteiger partial charge in [0.05, 0.1) is 5.56 Å². The molecule has 4 nitrogen and oxygen atoms in total. The molecule has 2 rings (SSSR count). The van der Waals surface area contributed by atoms with Crippen molar-refractivity contribution in [1.82, 2.24) is 10.9 Å². The molecule has 0 atom stereocenters. The van der Waals surface area contributed by atoms with Gasteiger partial charge < -0.3 is 0 Å². The average Bonchev–Trinajstić information content (AvgIpc) is 2.53. The molecule has 5 heteroatoms. The van der Waals surface area contributed by atoms with Crippen LogP contribution in [0.15, 0.2) is 47.4 Å². The van der Waals surface area contributed by atoms with E-state index in [1.165, 1.54) is 0 Å². The smallest absolute Gasteiger partial charge is 0.267 e. The zero-order chi connectivity index (χ0) is 16.8. The summed E-state index contributed by atoms with van der Waals surface area (Å²) in [5.41, 5.74) is 8.03. The van der Waals surface area contributed by atoms with Crippen LogP contribution in [-0.4, -0.2) is 17.6 Å². The second-order valence-electron chi connectivity index (χ2n) is 5.16. The van der Waals surface area contributed by atoms with E-state index in [2.05, 4.69) is 10.9 Å². The summed E-state index contributed by atoms with van der Waals surface area (Å²) in [5, 5.41) is 0. The molecule has 0 aliphatic rings. The van der Waals surface area contributed by atoms with E-state index < -0.39 is 0 Å². The fraction of sp³-hybridized carbons (Fsp3) is 0.222. The Bertz CT molecular complexity index is 729. The summed E-state index contributed by atoms with van der Waals surface area (Å²) in [7, 11) is 0. The molecule has 2 N–H and O–H groups in total. The zero-order valence-electron chi connectivity index (χ0n) is 13.5. The van der Waals surface area contributed by atoms with Gasteiger partial charge in [-0.05, 0) is 43.4 Å². The Hall–Kier alpha value is -2.27. The van der Waals surface area contributed by atoms with Crippen molar-refractivity contribution in [2.24, 2.45) is 0 Å². The number of hydrogen-bond acceptors (Lipinski definition) is 3. The summed E-state index contributed by atoms with van der Waals surface area (Å²) in [5.74, 6) is 0.232. The van der Waals surface area contributed by atoms with Gasteiger partial charge in [0.1, 0.15) is 0 Å². The first-order valence-electron chi connectivity index (χ1n) is 7.42.